The highest BCUT2D eigenvalue weighted by molar-refractivity contribution is 5.89. The number of hydrogen-bond donors (Lipinski definition) is 3. The molecule has 3 aromatic heterocycles. The van der Waals surface area contributed by atoms with E-state index in [-0.39, 0.29) is 6.42 Å². The Morgan fingerprint density at radius 1 is 1.36 bits per heavy atom. The van der Waals surface area contributed by atoms with Crippen LogP contribution >= 0.6 is 0 Å². The van der Waals surface area contributed by atoms with Crippen LogP contribution in [0.5, 0.6) is 0 Å². The topological polar surface area (TPSA) is 124 Å². The van der Waals surface area contributed by atoms with Gasteiger partial charge in [0.05, 0.1) is 24.4 Å². The highest BCUT2D eigenvalue weighted by Gasteiger charge is 2.52. The monoisotopic (exact) mass is 338 g/mol. The Morgan fingerprint density at radius 2 is 2.16 bits per heavy atom. The summed E-state index contributed by atoms with van der Waals surface area (Å²) in [7, 11) is 0. The van der Waals surface area contributed by atoms with Crippen LogP contribution in [0.15, 0.2) is 31.0 Å². The van der Waals surface area contributed by atoms with E-state index in [1.54, 1.807) is 18.6 Å². The van der Waals surface area contributed by atoms with Crippen molar-refractivity contribution in [2.24, 2.45) is 0 Å². The van der Waals surface area contributed by atoms with Gasteiger partial charge in [0.15, 0.2) is 5.72 Å². The zero-order valence-corrected chi connectivity index (χ0v) is 13.6. The first-order valence-corrected chi connectivity index (χ1v) is 8.23. The first kappa shape index (κ1) is 15.7. The van der Waals surface area contributed by atoms with Gasteiger partial charge in [-0.05, 0) is 18.9 Å². The van der Waals surface area contributed by atoms with Crippen molar-refractivity contribution < 1.29 is 10.2 Å². The lowest BCUT2D eigenvalue weighted by Gasteiger charge is -2.39. The molecule has 0 aliphatic heterocycles. The molecule has 1 aliphatic carbocycles. The first-order chi connectivity index (χ1) is 12.1. The minimum Gasteiger partial charge on any atom is -0.385 e. The fourth-order valence-electron chi connectivity index (χ4n) is 3.68. The molecule has 0 bridgehead atoms. The molecule has 1 fully saturated rings. The first-order valence-electron chi connectivity index (χ1n) is 8.23. The van der Waals surface area contributed by atoms with E-state index in [2.05, 4.69) is 20.1 Å². The Hall–Kier alpha value is -2.76. The number of nitrogens with one attached hydrogen (secondary N) is 1. The normalized spacial score (nSPS) is 18.9. The number of H-pyrrole nitrogens is 1. The molecule has 3 heterocycles. The van der Waals surface area contributed by atoms with E-state index in [1.165, 1.54) is 11.0 Å². The van der Waals surface area contributed by atoms with Crippen LogP contribution in [0.4, 0.5) is 0 Å². The molecule has 0 saturated heterocycles. The maximum absolute atomic E-state index is 11.2. The second kappa shape index (κ2) is 5.65. The van der Waals surface area contributed by atoms with Crippen LogP contribution in [0.25, 0.3) is 22.3 Å². The molecule has 8 nitrogen and oxygen atoms in total. The van der Waals surface area contributed by atoms with Crippen LogP contribution in [-0.2, 0) is 5.72 Å². The van der Waals surface area contributed by atoms with E-state index < -0.39 is 11.3 Å². The molecule has 4 rings (SSSR count). The minimum atomic E-state index is -1.76. The molecule has 1 unspecified atom stereocenters. The summed E-state index contributed by atoms with van der Waals surface area (Å²) < 4.78 is 1.30. The lowest BCUT2D eigenvalue weighted by molar-refractivity contribution is -0.203. The minimum absolute atomic E-state index is 0.242. The van der Waals surface area contributed by atoms with Gasteiger partial charge in [-0.1, -0.05) is 12.8 Å². The van der Waals surface area contributed by atoms with Crippen LogP contribution in [-0.4, -0.2) is 40.5 Å². The van der Waals surface area contributed by atoms with Gasteiger partial charge < -0.3 is 15.2 Å². The molecule has 0 aromatic carbocycles. The molecule has 8 heteroatoms. The molecule has 0 spiro atoms. The highest BCUT2D eigenvalue weighted by Crippen LogP contribution is 2.43. The van der Waals surface area contributed by atoms with E-state index >= 15 is 0 Å². The van der Waals surface area contributed by atoms with Crippen molar-refractivity contribution in [1.29, 1.82) is 5.26 Å². The Bertz CT molecular complexity index is 949. The number of nitriles is 1. The van der Waals surface area contributed by atoms with Gasteiger partial charge in [-0.25, -0.2) is 14.6 Å². The molecule has 128 valence electrons. The lowest BCUT2D eigenvalue weighted by atomic mass is 9.86. The Labute approximate surface area is 143 Å². The average Bonchev–Trinajstić information content (AvgIpc) is 3.35. The summed E-state index contributed by atoms with van der Waals surface area (Å²) in [5.41, 5.74) is -1.05. The standard InChI is InChI=1S/C17H18N6O2/c18-7-6-17(25,16(24)4-1-2-5-16)23-10-12(9-22-23)14-13-3-8-19-15(13)21-11-20-14/h3,8-11,24-25H,1-2,4-6H2,(H,19,20,21). The van der Waals surface area contributed by atoms with E-state index in [0.717, 1.165) is 18.2 Å². The van der Waals surface area contributed by atoms with E-state index in [4.69, 9.17) is 0 Å². The fraction of sp³-hybridized carbons (Fsp3) is 0.412. The molecular formula is C17H18N6O2. The van der Waals surface area contributed by atoms with Gasteiger partial charge in [-0.15, -0.1) is 0 Å². The van der Waals surface area contributed by atoms with Gasteiger partial charge in [-0.3, -0.25) is 0 Å². The van der Waals surface area contributed by atoms with Crippen molar-refractivity contribution in [3.63, 3.8) is 0 Å². The SMILES string of the molecule is N#CCC(O)(n1cc(-c2ncnc3[nH]ccc23)cn1)C1(O)CCCC1. The molecule has 1 saturated carbocycles. The van der Waals surface area contributed by atoms with E-state index in [9.17, 15) is 15.5 Å². The smallest absolute Gasteiger partial charge is 0.199 e. The molecule has 1 atom stereocenters. The number of nitrogens with zero attached hydrogens (tertiary/aromatic N) is 5. The predicted octanol–water partition coefficient (Wildman–Crippen LogP) is 1.69. The third kappa shape index (κ3) is 2.32. The number of aliphatic hydroxyl groups is 2. The summed E-state index contributed by atoms with van der Waals surface area (Å²) in [5.74, 6) is 0. The van der Waals surface area contributed by atoms with Crippen molar-refractivity contribution in [1.82, 2.24) is 24.7 Å². The van der Waals surface area contributed by atoms with Gasteiger partial charge in [0.25, 0.3) is 0 Å². The number of rotatable bonds is 4. The van der Waals surface area contributed by atoms with Gasteiger partial charge in [-0.2, -0.15) is 10.4 Å². The second-order valence-electron chi connectivity index (χ2n) is 6.53. The zero-order valence-electron chi connectivity index (χ0n) is 13.6. The van der Waals surface area contributed by atoms with Crippen LogP contribution in [0, 0.1) is 11.3 Å². The quantitative estimate of drug-likeness (QED) is 0.665. The van der Waals surface area contributed by atoms with Crippen molar-refractivity contribution in [2.45, 2.75) is 43.4 Å². The number of fused-ring (bicyclic) bond motifs is 1. The number of aromatic amines is 1. The van der Waals surface area contributed by atoms with Crippen molar-refractivity contribution in [2.75, 3.05) is 0 Å². The van der Waals surface area contributed by atoms with Crippen molar-refractivity contribution in [3.8, 4) is 17.3 Å². The lowest BCUT2D eigenvalue weighted by Crippen LogP contribution is -2.54. The van der Waals surface area contributed by atoms with Crippen LogP contribution < -0.4 is 0 Å². The maximum atomic E-state index is 11.2. The van der Waals surface area contributed by atoms with E-state index in [0.29, 0.717) is 29.7 Å². The van der Waals surface area contributed by atoms with Gasteiger partial charge in [0, 0.05) is 23.3 Å². The summed E-state index contributed by atoms with van der Waals surface area (Å²) in [6.45, 7) is 0. The predicted molar refractivity (Wildman–Crippen MR) is 89.0 cm³/mol. The highest BCUT2D eigenvalue weighted by atomic mass is 16.4. The molecule has 0 radical (unpaired) electrons. The maximum Gasteiger partial charge on any atom is 0.199 e. The van der Waals surface area contributed by atoms with Crippen LogP contribution in [0.1, 0.15) is 32.1 Å². The van der Waals surface area contributed by atoms with E-state index in [1.807, 2.05) is 12.1 Å². The van der Waals surface area contributed by atoms with Gasteiger partial charge in [0.1, 0.15) is 17.6 Å². The van der Waals surface area contributed by atoms with Crippen LogP contribution in [0.3, 0.4) is 0 Å². The number of hydrogen-bond acceptors (Lipinski definition) is 6. The van der Waals surface area contributed by atoms with Gasteiger partial charge >= 0.3 is 0 Å². The zero-order chi connectivity index (χ0) is 17.5. The summed E-state index contributed by atoms with van der Waals surface area (Å²) >= 11 is 0. The molecule has 3 aromatic rings. The summed E-state index contributed by atoms with van der Waals surface area (Å²) in [4.78, 5) is 11.5. The molecular weight excluding hydrogens is 320 g/mol. The average molecular weight is 338 g/mol. The molecule has 1 aliphatic rings. The molecule has 3 N–H and O–H groups in total. The summed E-state index contributed by atoms with van der Waals surface area (Å²) in [6.07, 6.45) is 8.71. The summed E-state index contributed by atoms with van der Waals surface area (Å²) in [5, 5.41) is 36.4. The molecule has 0 amide bonds. The second-order valence-corrected chi connectivity index (χ2v) is 6.53. The fourth-order valence-corrected chi connectivity index (χ4v) is 3.68. The van der Waals surface area contributed by atoms with Crippen LogP contribution in [0.2, 0.25) is 0 Å². The summed E-state index contributed by atoms with van der Waals surface area (Å²) in [6, 6.07) is 3.85. The molecule has 25 heavy (non-hydrogen) atoms. The Balaban J connectivity index is 1.79. The number of aromatic nitrogens is 5. The Kier molecular flexibility index (Phi) is 3.56. The van der Waals surface area contributed by atoms with Gasteiger partial charge in [0.2, 0.25) is 0 Å². The third-order valence-corrected chi connectivity index (χ3v) is 5.09. The largest absolute Gasteiger partial charge is 0.385 e. The third-order valence-electron chi connectivity index (χ3n) is 5.09. The van der Waals surface area contributed by atoms with Crippen molar-refractivity contribution in [3.05, 3.63) is 31.0 Å². The van der Waals surface area contributed by atoms with Crippen molar-refractivity contribution >= 4 is 11.0 Å². The Morgan fingerprint density at radius 3 is 2.92 bits per heavy atom.